The van der Waals surface area contributed by atoms with Crippen LogP contribution in [0, 0.1) is 0 Å². The molecular formula is C21H20Cl2N2O4. The van der Waals surface area contributed by atoms with E-state index in [0.717, 1.165) is 25.7 Å². The Balaban J connectivity index is 1.58. The van der Waals surface area contributed by atoms with E-state index in [0.29, 0.717) is 16.3 Å². The molecule has 0 unspecified atom stereocenters. The molecule has 1 saturated carbocycles. The van der Waals surface area contributed by atoms with Crippen molar-refractivity contribution < 1.29 is 19.1 Å². The third-order valence-corrected chi connectivity index (χ3v) is 5.36. The first-order valence-corrected chi connectivity index (χ1v) is 10.0. The second-order valence-electron chi connectivity index (χ2n) is 6.75. The topological polar surface area (TPSA) is 84.5 Å². The van der Waals surface area contributed by atoms with Crippen molar-refractivity contribution in [2.24, 2.45) is 0 Å². The van der Waals surface area contributed by atoms with Gasteiger partial charge in [-0.2, -0.15) is 0 Å². The maximum absolute atomic E-state index is 12.5. The van der Waals surface area contributed by atoms with Crippen LogP contribution in [0.3, 0.4) is 0 Å². The number of benzene rings is 2. The van der Waals surface area contributed by atoms with Crippen molar-refractivity contribution in [1.82, 2.24) is 5.32 Å². The Kier molecular flexibility index (Phi) is 7.12. The summed E-state index contributed by atoms with van der Waals surface area (Å²) in [4.78, 5) is 36.8. The molecule has 2 amide bonds. The highest BCUT2D eigenvalue weighted by atomic mass is 35.5. The van der Waals surface area contributed by atoms with Gasteiger partial charge in [0.15, 0.2) is 6.61 Å². The number of amides is 2. The lowest BCUT2D eigenvalue weighted by atomic mass is 10.1. The predicted octanol–water partition coefficient (Wildman–Crippen LogP) is 4.46. The number of carbonyl (C=O) groups excluding carboxylic acids is 3. The van der Waals surface area contributed by atoms with Crippen LogP contribution in [0.15, 0.2) is 42.5 Å². The van der Waals surface area contributed by atoms with Crippen molar-refractivity contribution in [2.45, 2.75) is 31.7 Å². The number of ether oxygens (including phenoxy) is 1. The number of nitrogens with one attached hydrogen (secondary N) is 2. The molecule has 2 aromatic carbocycles. The van der Waals surface area contributed by atoms with E-state index < -0.39 is 18.5 Å². The van der Waals surface area contributed by atoms with Gasteiger partial charge in [-0.25, -0.2) is 4.79 Å². The number of rotatable bonds is 6. The molecule has 0 spiro atoms. The average molecular weight is 435 g/mol. The lowest BCUT2D eigenvalue weighted by Gasteiger charge is -2.15. The van der Waals surface area contributed by atoms with E-state index in [-0.39, 0.29) is 22.5 Å². The van der Waals surface area contributed by atoms with Gasteiger partial charge in [-0.15, -0.1) is 0 Å². The first-order chi connectivity index (χ1) is 13.9. The van der Waals surface area contributed by atoms with Crippen LogP contribution in [0.2, 0.25) is 10.0 Å². The van der Waals surface area contributed by atoms with E-state index in [4.69, 9.17) is 27.9 Å². The van der Waals surface area contributed by atoms with Crippen molar-refractivity contribution in [1.29, 1.82) is 0 Å². The fraction of sp³-hybridized carbons (Fsp3) is 0.286. The van der Waals surface area contributed by atoms with Gasteiger partial charge in [0.2, 0.25) is 0 Å². The highest BCUT2D eigenvalue weighted by molar-refractivity contribution is 6.42. The Hall–Kier alpha value is -2.57. The van der Waals surface area contributed by atoms with E-state index in [1.807, 2.05) is 0 Å². The van der Waals surface area contributed by atoms with Crippen LogP contribution in [0.25, 0.3) is 0 Å². The highest BCUT2D eigenvalue weighted by Gasteiger charge is 2.20. The van der Waals surface area contributed by atoms with E-state index in [1.165, 1.54) is 18.2 Å². The second-order valence-corrected chi connectivity index (χ2v) is 7.57. The van der Waals surface area contributed by atoms with Gasteiger partial charge in [-0.3, -0.25) is 9.59 Å². The van der Waals surface area contributed by atoms with Crippen LogP contribution < -0.4 is 10.6 Å². The van der Waals surface area contributed by atoms with Crippen molar-refractivity contribution >= 4 is 46.7 Å². The molecule has 0 heterocycles. The summed E-state index contributed by atoms with van der Waals surface area (Å²) in [5.74, 6) is -1.49. The van der Waals surface area contributed by atoms with Crippen LogP contribution in [0.4, 0.5) is 5.69 Å². The van der Waals surface area contributed by atoms with Crippen molar-refractivity contribution in [3.63, 3.8) is 0 Å². The third-order valence-electron chi connectivity index (χ3n) is 4.63. The number of carbonyl (C=O) groups is 3. The molecule has 152 valence electrons. The van der Waals surface area contributed by atoms with Gasteiger partial charge in [0.05, 0.1) is 26.9 Å². The Morgan fingerprint density at radius 1 is 1.00 bits per heavy atom. The van der Waals surface area contributed by atoms with Gasteiger partial charge in [-0.05, 0) is 43.2 Å². The smallest absolute Gasteiger partial charge is 0.338 e. The van der Waals surface area contributed by atoms with E-state index >= 15 is 0 Å². The molecule has 0 saturated heterocycles. The number of halogens is 2. The average Bonchev–Trinajstić information content (AvgIpc) is 3.21. The van der Waals surface area contributed by atoms with E-state index in [1.54, 1.807) is 24.3 Å². The predicted molar refractivity (Wildman–Crippen MR) is 112 cm³/mol. The largest absolute Gasteiger partial charge is 0.452 e. The Morgan fingerprint density at radius 2 is 1.72 bits per heavy atom. The molecule has 0 aliphatic heterocycles. The minimum Gasteiger partial charge on any atom is -0.452 e. The second kappa shape index (κ2) is 9.76. The zero-order chi connectivity index (χ0) is 20.8. The number of hydrogen-bond donors (Lipinski definition) is 2. The van der Waals surface area contributed by atoms with Gasteiger partial charge in [0.25, 0.3) is 11.8 Å². The minimum atomic E-state index is -0.703. The zero-order valence-electron chi connectivity index (χ0n) is 15.5. The lowest BCUT2D eigenvalue weighted by molar-refractivity contribution is -0.119. The minimum absolute atomic E-state index is 0.165. The lowest BCUT2D eigenvalue weighted by Crippen LogP contribution is -2.33. The molecule has 3 rings (SSSR count). The summed E-state index contributed by atoms with van der Waals surface area (Å²) in [5, 5.41) is 6.14. The number of para-hydroxylation sites is 1. The van der Waals surface area contributed by atoms with Crippen LogP contribution in [-0.4, -0.2) is 30.4 Å². The van der Waals surface area contributed by atoms with Crippen LogP contribution >= 0.6 is 23.2 Å². The molecule has 0 bridgehead atoms. The Morgan fingerprint density at radius 3 is 2.45 bits per heavy atom. The van der Waals surface area contributed by atoms with E-state index in [9.17, 15) is 14.4 Å². The van der Waals surface area contributed by atoms with Crippen molar-refractivity contribution in [3.05, 3.63) is 63.6 Å². The SMILES string of the molecule is O=C(COC(=O)c1ccc(Cl)c(Cl)c1)Nc1ccccc1C(=O)NC1CCCC1. The molecule has 29 heavy (non-hydrogen) atoms. The molecule has 0 atom stereocenters. The molecule has 8 heteroatoms. The first-order valence-electron chi connectivity index (χ1n) is 9.26. The normalized spacial score (nSPS) is 13.7. The summed E-state index contributed by atoms with van der Waals surface area (Å²) in [6, 6.07) is 11.2. The molecule has 0 aromatic heterocycles. The summed E-state index contributed by atoms with van der Waals surface area (Å²) in [5.41, 5.74) is 0.908. The zero-order valence-corrected chi connectivity index (χ0v) is 17.1. The summed E-state index contributed by atoms with van der Waals surface area (Å²) in [6.45, 7) is -0.502. The summed E-state index contributed by atoms with van der Waals surface area (Å²) in [7, 11) is 0. The summed E-state index contributed by atoms with van der Waals surface area (Å²) >= 11 is 11.7. The van der Waals surface area contributed by atoms with Crippen LogP contribution in [-0.2, 0) is 9.53 Å². The van der Waals surface area contributed by atoms with Crippen molar-refractivity contribution in [3.8, 4) is 0 Å². The molecule has 2 N–H and O–H groups in total. The number of hydrogen-bond acceptors (Lipinski definition) is 4. The first kappa shape index (κ1) is 21.1. The molecule has 1 fully saturated rings. The monoisotopic (exact) mass is 434 g/mol. The molecule has 6 nitrogen and oxygen atoms in total. The maximum atomic E-state index is 12.5. The number of anilines is 1. The highest BCUT2D eigenvalue weighted by Crippen LogP contribution is 2.23. The Labute approximate surface area is 178 Å². The van der Waals surface area contributed by atoms with Gasteiger partial charge < -0.3 is 15.4 Å². The molecular weight excluding hydrogens is 415 g/mol. The van der Waals surface area contributed by atoms with Crippen LogP contribution in [0.5, 0.6) is 0 Å². The Bertz CT molecular complexity index is 927. The van der Waals surface area contributed by atoms with Gasteiger partial charge in [-0.1, -0.05) is 48.2 Å². The van der Waals surface area contributed by atoms with E-state index in [2.05, 4.69) is 10.6 Å². The van der Waals surface area contributed by atoms with Gasteiger partial charge >= 0.3 is 5.97 Å². The maximum Gasteiger partial charge on any atom is 0.338 e. The van der Waals surface area contributed by atoms with Gasteiger partial charge in [0, 0.05) is 6.04 Å². The number of esters is 1. The molecule has 1 aliphatic rings. The fourth-order valence-corrected chi connectivity index (χ4v) is 3.45. The fourth-order valence-electron chi connectivity index (χ4n) is 3.15. The molecule has 1 aliphatic carbocycles. The van der Waals surface area contributed by atoms with Gasteiger partial charge in [0.1, 0.15) is 0 Å². The summed E-state index contributed by atoms with van der Waals surface area (Å²) in [6.07, 6.45) is 4.14. The summed E-state index contributed by atoms with van der Waals surface area (Å²) < 4.78 is 5.01. The third kappa shape index (κ3) is 5.71. The quantitative estimate of drug-likeness (QED) is 0.657. The molecule has 2 aromatic rings. The molecule has 0 radical (unpaired) electrons. The standard InChI is InChI=1S/C21H20Cl2N2O4/c22-16-10-9-13(11-17(16)23)21(28)29-12-19(26)25-18-8-4-3-7-15(18)20(27)24-14-5-1-2-6-14/h3-4,7-11,14H,1-2,5-6,12H2,(H,24,27)(H,25,26). The van der Waals surface area contributed by atoms with Crippen molar-refractivity contribution in [2.75, 3.05) is 11.9 Å². The van der Waals surface area contributed by atoms with Crippen LogP contribution in [0.1, 0.15) is 46.4 Å².